The summed E-state index contributed by atoms with van der Waals surface area (Å²) in [7, 11) is 0. The fourth-order valence-corrected chi connectivity index (χ4v) is 1.28. The van der Waals surface area contributed by atoms with Gasteiger partial charge >= 0.3 is 12.4 Å². The molecule has 91 valence electrons. The predicted octanol–water partition coefficient (Wildman–Crippen LogP) is 2.15. The van der Waals surface area contributed by atoms with Crippen LogP contribution in [-0.2, 0) is 19.1 Å². The minimum absolute atomic E-state index is 0.560. The monoisotopic (exact) mass is 235 g/mol. The molecule has 0 amide bonds. The van der Waals surface area contributed by atoms with Crippen molar-refractivity contribution in [1.82, 2.24) is 0 Å². The second-order valence-corrected chi connectivity index (χ2v) is 4.53. The molecule has 1 atom stereocenters. The Bertz CT molecular complexity index is 378. The Morgan fingerprint density at radius 3 is 2.29 bits per heavy atom. The van der Waals surface area contributed by atoms with E-state index in [9.17, 15) is 9.59 Å². The van der Waals surface area contributed by atoms with E-state index in [4.69, 9.17) is 4.74 Å². The van der Waals surface area contributed by atoms with Crippen LogP contribution in [0, 0.1) is 0 Å². The van der Waals surface area contributed by atoms with Gasteiger partial charge in [-0.3, -0.25) is 0 Å². The van der Waals surface area contributed by atoms with E-state index >= 15 is 0 Å². The lowest BCUT2D eigenvalue weighted by atomic mass is 10.1. The number of hydrogen-bond donors (Lipinski definition) is 0. The maximum Gasteiger partial charge on any atom is 0.418 e. The molecule has 1 radical (unpaired) electrons. The molecule has 0 saturated heterocycles. The van der Waals surface area contributed by atoms with Crippen LogP contribution >= 0.6 is 0 Å². The van der Waals surface area contributed by atoms with E-state index in [1.165, 1.54) is 6.47 Å². The fraction of sp³-hybridized carbons (Fsp3) is 0.385. The van der Waals surface area contributed by atoms with Crippen molar-refractivity contribution in [2.45, 2.75) is 32.5 Å². The molecule has 1 aromatic rings. The lowest BCUT2D eigenvalue weighted by molar-refractivity contribution is -0.164. The van der Waals surface area contributed by atoms with Crippen LogP contribution < -0.4 is 0 Å². The molecule has 0 heterocycles. The molecule has 4 nitrogen and oxygen atoms in total. The molecule has 1 rings (SSSR count). The summed E-state index contributed by atoms with van der Waals surface area (Å²) in [6.07, 6.45) is -1.06. The number of ether oxygens (including phenoxy) is 2. The molecular weight excluding hydrogens is 220 g/mol. The molecule has 0 fully saturated rings. The molecule has 1 unspecified atom stereocenters. The van der Waals surface area contributed by atoms with Gasteiger partial charge in [-0.05, 0) is 20.8 Å². The number of hydrogen-bond acceptors (Lipinski definition) is 4. The van der Waals surface area contributed by atoms with Gasteiger partial charge in [0, 0.05) is 5.56 Å². The van der Waals surface area contributed by atoms with Gasteiger partial charge < -0.3 is 9.47 Å². The molecule has 0 aliphatic heterocycles. The predicted molar refractivity (Wildman–Crippen MR) is 61.8 cm³/mol. The number of esters is 1. The first-order chi connectivity index (χ1) is 7.94. The van der Waals surface area contributed by atoms with Gasteiger partial charge in [-0.25, -0.2) is 9.59 Å². The van der Waals surface area contributed by atoms with Crippen molar-refractivity contribution in [3.8, 4) is 0 Å². The lowest BCUT2D eigenvalue weighted by Crippen LogP contribution is -2.28. The van der Waals surface area contributed by atoms with Gasteiger partial charge in [-0.2, -0.15) is 0 Å². The summed E-state index contributed by atoms with van der Waals surface area (Å²) in [5, 5.41) is 0. The zero-order valence-corrected chi connectivity index (χ0v) is 10.1. The van der Waals surface area contributed by atoms with Crippen molar-refractivity contribution >= 4 is 12.4 Å². The molecule has 0 N–H and O–H groups in total. The minimum Gasteiger partial charge on any atom is -0.457 e. The van der Waals surface area contributed by atoms with Gasteiger partial charge in [-0.1, -0.05) is 30.3 Å². The average molecular weight is 235 g/mol. The summed E-state index contributed by atoms with van der Waals surface area (Å²) in [4.78, 5) is 22.1. The van der Waals surface area contributed by atoms with Crippen LogP contribution in [-0.4, -0.2) is 18.0 Å². The second-order valence-electron chi connectivity index (χ2n) is 4.53. The normalized spacial score (nSPS) is 12.6. The highest BCUT2D eigenvalue weighted by molar-refractivity contribution is 5.78. The third-order valence-electron chi connectivity index (χ3n) is 1.89. The Morgan fingerprint density at radius 1 is 1.24 bits per heavy atom. The van der Waals surface area contributed by atoms with Gasteiger partial charge in [0.15, 0.2) is 0 Å². The standard InChI is InChI=1S/C13H15O4/c1-13(2,3)17-12(15)11(16-9-14)10-7-5-4-6-8-10/h4-8,11H,1-3H3. The van der Waals surface area contributed by atoms with Crippen LogP contribution in [0.5, 0.6) is 0 Å². The summed E-state index contributed by atoms with van der Waals surface area (Å²) in [6.45, 7) is 6.52. The Labute approximate surface area is 101 Å². The number of rotatable bonds is 4. The second kappa shape index (κ2) is 5.48. The first-order valence-corrected chi connectivity index (χ1v) is 5.24. The van der Waals surface area contributed by atoms with Gasteiger partial charge in [0.25, 0.3) is 0 Å². The topological polar surface area (TPSA) is 52.6 Å². The van der Waals surface area contributed by atoms with Crippen molar-refractivity contribution in [2.75, 3.05) is 0 Å². The maximum absolute atomic E-state index is 11.8. The van der Waals surface area contributed by atoms with Crippen LogP contribution in [0.2, 0.25) is 0 Å². The molecule has 4 heteroatoms. The number of carbonyl (C=O) groups excluding carboxylic acids is 2. The summed E-state index contributed by atoms with van der Waals surface area (Å²) < 4.78 is 9.82. The summed E-state index contributed by atoms with van der Waals surface area (Å²) >= 11 is 0. The van der Waals surface area contributed by atoms with E-state index in [2.05, 4.69) is 4.74 Å². The van der Waals surface area contributed by atoms with Crippen LogP contribution in [0.3, 0.4) is 0 Å². The highest BCUT2D eigenvalue weighted by Crippen LogP contribution is 2.21. The van der Waals surface area contributed by atoms with Gasteiger partial charge in [0.05, 0.1) is 0 Å². The quantitative estimate of drug-likeness (QED) is 0.750. The average Bonchev–Trinajstić information content (AvgIpc) is 2.24. The Morgan fingerprint density at radius 2 is 1.82 bits per heavy atom. The maximum atomic E-state index is 11.8. The first-order valence-electron chi connectivity index (χ1n) is 5.24. The Kier molecular flexibility index (Phi) is 4.26. The third kappa shape index (κ3) is 4.26. The molecule has 0 bridgehead atoms. The van der Waals surface area contributed by atoms with Crippen molar-refractivity contribution < 1.29 is 19.1 Å². The van der Waals surface area contributed by atoms with Crippen molar-refractivity contribution in [2.24, 2.45) is 0 Å². The number of benzene rings is 1. The zero-order chi connectivity index (χ0) is 12.9. The molecule has 0 saturated carbocycles. The van der Waals surface area contributed by atoms with Crippen molar-refractivity contribution in [3.63, 3.8) is 0 Å². The molecule has 0 aromatic heterocycles. The van der Waals surface area contributed by atoms with E-state index in [-0.39, 0.29) is 0 Å². The van der Waals surface area contributed by atoms with Crippen molar-refractivity contribution in [3.05, 3.63) is 35.9 Å². The molecule has 0 aliphatic carbocycles. The summed E-state index contributed by atoms with van der Waals surface area (Å²) in [5.74, 6) is -0.605. The minimum atomic E-state index is -1.06. The highest BCUT2D eigenvalue weighted by Gasteiger charge is 2.28. The molecule has 1 aromatic carbocycles. The highest BCUT2D eigenvalue weighted by atomic mass is 16.6. The SMILES string of the molecule is CC(C)(C)OC(=O)C(O[C]=O)c1ccccc1. The van der Waals surface area contributed by atoms with Crippen LogP contribution in [0.1, 0.15) is 32.4 Å². The van der Waals surface area contributed by atoms with Crippen molar-refractivity contribution in [1.29, 1.82) is 0 Å². The number of carbonyl (C=O) groups is 1. The third-order valence-corrected chi connectivity index (χ3v) is 1.89. The molecule has 0 aliphatic rings. The van der Waals surface area contributed by atoms with Crippen LogP contribution in [0.15, 0.2) is 30.3 Å². The summed E-state index contributed by atoms with van der Waals surface area (Å²) in [6, 6.07) is 8.68. The fourth-order valence-electron chi connectivity index (χ4n) is 1.28. The van der Waals surface area contributed by atoms with E-state index < -0.39 is 17.7 Å². The van der Waals surface area contributed by atoms with Gasteiger partial charge in [0.1, 0.15) is 5.60 Å². The van der Waals surface area contributed by atoms with E-state index in [1.807, 2.05) is 0 Å². The Balaban J connectivity index is 2.87. The molecular formula is C13H15O4. The smallest absolute Gasteiger partial charge is 0.418 e. The van der Waals surface area contributed by atoms with Gasteiger partial charge in [0.2, 0.25) is 6.10 Å². The lowest BCUT2D eigenvalue weighted by Gasteiger charge is -2.22. The van der Waals surface area contributed by atoms with Gasteiger partial charge in [-0.15, -0.1) is 0 Å². The van der Waals surface area contributed by atoms with E-state index in [0.717, 1.165) is 0 Å². The largest absolute Gasteiger partial charge is 0.457 e. The van der Waals surface area contributed by atoms with Crippen LogP contribution in [0.25, 0.3) is 0 Å². The van der Waals surface area contributed by atoms with E-state index in [0.29, 0.717) is 5.56 Å². The Hall–Kier alpha value is -1.84. The molecule has 0 spiro atoms. The summed E-state index contributed by atoms with van der Waals surface area (Å²) in [5.41, 5.74) is -0.0683. The zero-order valence-electron chi connectivity index (χ0n) is 10.1. The van der Waals surface area contributed by atoms with E-state index in [1.54, 1.807) is 51.1 Å². The first kappa shape index (κ1) is 13.2. The molecule has 17 heavy (non-hydrogen) atoms. The van der Waals surface area contributed by atoms with Crippen LogP contribution in [0.4, 0.5) is 0 Å².